The van der Waals surface area contributed by atoms with Crippen LogP contribution in [-0.4, -0.2) is 24.9 Å². The molecule has 0 spiro atoms. The zero-order valence-electron chi connectivity index (χ0n) is 8.51. The van der Waals surface area contributed by atoms with E-state index in [1.165, 1.54) is 38.1 Å². The Morgan fingerprint density at radius 1 is 1.20 bits per heavy atom. The van der Waals surface area contributed by atoms with Crippen LogP contribution in [0.15, 0.2) is 29.2 Å². The molecule has 3 nitrogen and oxygen atoms in total. The summed E-state index contributed by atoms with van der Waals surface area (Å²) in [6, 6.07) is 5.92. The Hall–Kier alpha value is -0.580. The molecule has 1 aromatic rings. The average molecular weight is 249 g/mol. The summed E-state index contributed by atoms with van der Waals surface area (Å²) in [6.45, 7) is 2.94. The maximum absolute atomic E-state index is 11.9. The van der Waals surface area contributed by atoms with Gasteiger partial charge in [0.25, 0.3) is 0 Å². The van der Waals surface area contributed by atoms with E-state index in [-0.39, 0.29) is 4.90 Å². The number of benzene rings is 1. The molecular formula is C10H13ClO3S. The minimum absolute atomic E-state index is 0.181. The highest BCUT2D eigenvalue weighted by atomic mass is 35.5. The van der Waals surface area contributed by atoms with Crippen LogP contribution in [0.1, 0.15) is 13.8 Å². The number of rotatable bonds is 3. The van der Waals surface area contributed by atoms with Gasteiger partial charge >= 0.3 is 0 Å². The number of sulfone groups is 1. The molecule has 0 saturated heterocycles. The summed E-state index contributed by atoms with van der Waals surface area (Å²) >= 11 is 5.66. The summed E-state index contributed by atoms with van der Waals surface area (Å²) < 4.78 is 23.8. The van der Waals surface area contributed by atoms with Gasteiger partial charge in [0, 0.05) is 5.02 Å². The van der Waals surface area contributed by atoms with Gasteiger partial charge in [-0.3, -0.25) is 0 Å². The first kappa shape index (κ1) is 12.5. The van der Waals surface area contributed by atoms with E-state index < -0.39 is 21.2 Å². The van der Waals surface area contributed by atoms with Gasteiger partial charge in [0.05, 0.1) is 16.2 Å². The second-order valence-electron chi connectivity index (χ2n) is 3.44. The van der Waals surface area contributed by atoms with Gasteiger partial charge in [-0.15, -0.1) is 0 Å². The van der Waals surface area contributed by atoms with E-state index in [1.54, 1.807) is 0 Å². The van der Waals surface area contributed by atoms with Crippen molar-refractivity contribution in [3.63, 3.8) is 0 Å². The van der Waals surface area contributed by atoms with Crippen LogP contribution in [0.4, 0.5) is 0 Å². The molecule has 2 atom stereocenters. The Morgan fingerprint density at radius 2 is 1.67 bits per heavy atom. The number of aliphatic hydroxyl groups excluding tert-OH is 1. The molecule has 15 heavy (non-hydrogen) atoms. The summed E-state index contributed by atoms with van der Waals surface area (Å²) in [5, 5.41) is 8.93. The fourth-order valence-electron chi connectivity index (χ4n) is 1.10. The van der Waals surface area contributed by atoms with E-state index in [9.17, 15) is 13.5 Å². The van der Waals surface area contributed by atoms with Crippen molar-refractivity contribution in [1.82, 2.24) is 0 Å². The third-order valence-corrected chi connectivity index (χ3v) is 4.86. The van der Waals surface area contributed by atoms with E-state index in [0.29, 0.717) is 5.02 Å². The lowest BCUT2D eigenvalue weighted by molar-refractivity contribution is 0.193. The monoisotopic (exact) mass is 248 g/mol. The molecular weight excluding hydrogens is 236 g/mol. The first-order chi connectivity index (χ1) is 6.85. The number of halogens is 1. The fraction of sp³-hybridized carbons (Fsp3) is 0.400. The summed E-state index contributed by atoms with van der Waals surface area (Å²) in [4.78, 5) is 0.181. The third-order valence-electron chi connectivity index (χ3n) is 2.31. The average Bonchev–Trinajstić information content (AvgIpc) is 2.17. The Bertz CT molecular complexity index is 422. The van der Waals surface area contributed by atoms with Crippen LogP contribution in [0.25, 0.3) is 0 Å². The van der Waals surface area contributed by atoms with E-state index >= 15 is 0 Å². The molecule has 2 unspecified atom stereocenters. The first-order valence-corrected chi connectivity index (χ1v) is 6.45. The van der Waals surface area contributed by atoms with Crippen molar-refractivity contribution in [3.05, 3.63) is 29.3 Å². The molecule has 1 aromatic carbocycles. The van der Waals surface area contributed by atoms with Crippen molar-refractivity contribution in [2.45, 2.75) is 30.1 Å². The lowest BCUT2D eigenvalue weighted by atomic mass is 10.3. The van der Waals surface area contributed by atoms with Crippen LogP contribution < -0.4 is 0 Å². The predicted octanol–water partition coefficient (Wildman–Crippen LogP) is 1.88. The molecule has 1 N–H and O–H groups in total. The normalized spacial score (nSPS) is 16.0. The zero-order valence-corrected chi connectivity index (χ0v) is 10.1. The number of hydrogen-bond donors (Lipinski definition) is 1. The van der Waals surface area contributed by atoms with Crippen molar-refractivity contribution >= 4 is 21.4 Å². The maximum atomic E-state index is 11.9. The molecule has 0 bridgehead atoms. The smallest absolute Gasteiger partial charge is 0.183 e. The fourth-order valence-corrected chi connectivity index (χ4v) is 2.69. The van der Waals surface area contributed by atoms with E-state index in [0.717, 1.165) is 0 Å². The minimum atomic E-state index is -3.46. The SMILES string of the molecule is CC(O)C(C)S(=O)(=O)c1ccc(Cl)cc1. The lowest BCUT2D eigenvalue weighted by Crippen LogP contribution is -2.29. The van der Waals surface area contributed by atoms with Gasteiger partial charge in [0.15, 0.2) is 9.84 Å². The maximum Gasteiger partial charge on any atom is 0.183 e. The molecule has 0 saturated carbocycles. The van der Waals surface area contributed by atoms with Gasteiger partial charge in [0.1, 0.15) is 0 Å². The van der Waals surface area contributed by atoms with Gasteiger partial charge < -0.3 is 5.11 Å². The summed E-state index contributed by atoms with van der Waals surface area (Å²) in [7, 11) is -3.46. The molecule has 0 aliphatic rings. The predicted molar refractivity (Wildman–Crippen MR) is 59.8 cm³/mol. The van der Waals surface area contributed by atoms with Gasteiger partial charge in [0.2, 0.25) is 0 Å². The van der Waals surface area contributed by atoms with Gasteiger partial charge in [-0.1, -0.05) is 11.6 Å². The molecule has 5 heteroatoms. The quantitative estimate of drug-likeness (QED) is 0.889. The third kappa shape index (κ3) is 2.71. The minimum Gasteiger partial charge on any atom is -0.392 e. The van der Waals surface area contributed by atoms with Crippen molar-refractivity contribution < 1.29 is 13.5 Å². The molecule has 1 rings (SSSR count). The molecule has 0 fully saturated rings. The van der Waals surface area contributed by atoms with Crippen molar-refractivity contribution in [3.8, 4) is 0 Å². The lowest BCUT2D eigenvalue weighted by Gasteiger charge is -2.15. The Labute approximate surface area is 94.6 Å². The molecule has 0 aliphatic carbocycles. The van der Waals surface area contributed by atoms with Crippen molar-refractivity contribution in [2.75, 3.05) is 0 Å². The van der Waals surface area contributed by atoms with Crippen LogP contribution in [0.2, 0.25) is 5.02 Å². The topological polar surface area (TPSA) is 54.4 Å². The molecule has 0 heterocycles. The highest BCUT2D eigenvalue weighted by molar-refractivity contribution is 7.92. The number of hydrogen-bond acceptors (Lipinski definition) is 3. The van der Waals surface area contributed by atoms with Crippen molar-refractivity contribution in [1.29, 1.82) is 0 Å². The number of aliphatic hydroxyl groups is 1. The standard InChI is InChI=1S/C10H13ClO3S/c1-7(12)8(2)15(13,14)10-5-3-9(11)4-6-10/h3-8,12H,1-2H3. The zero-order chi connectivity index (χ0) is 11.6. The summed E-state index contributed by atoms with van der Waals surface area (Å²) in [5.74, 6) is 0. The van der Waals surface area contributed by atoms with Gasteiger partial charge in [-0.05, 0) is 38.1 Å². The molecule has 0 amide bonds. The van der Waals surface area contributed by atoms with E-state index in [2.05, 4.69) is 0 Å². The van der Waals surface area contributed by atoms with Crippen LogP contribution >= 0.6 is 11.6 Å². The van der Waals surface area contributed by atoms with Crippen molar-refractivity contribution in [2.24, 2.45) is 0 Å². The van der Waals surface area contributed by atoms with E-state index in [1.807, 2.05) is 0 Å². The second-order valence-corrected chi connectivity index (χ2v) is 6.19. The molecule has 0 aliphatic heterocycles. The first-order valence-electron chi connectivity index (χ1n) is 4.53. The van der Waals surface area contributed by atoms with Crippen LogP contribution in [0, 0.1) is 0 Å². The Balaban J connectivity index is 3.12. The molecule has 0 aromatic heterocycles. The summed E-state index contributed by atoms with van der Waals surface area (Å²) in [5.41, 5.74) is 0. The summed E-state index contributed by atoms with van der Waals surface area (Å²) in [6.07, 6.45) is -0.898. The molecule has 84 valence electrons. The highest BCUT2D eigenvalue weighted by Gasteiger charge is 2.26. The van der Waals surface area contributed by atoms with E-state index in [4.69, 9.17) is 11.6 Å². The second kappa shape index (κ2) is 4.51. The van der Waals surface area contributed by atoms with Gasteiger partial charge in [-0.25, -0.2) is 8.42 Å². The van der Waals surface area contributed by atoms with Crippen LogP contribution in [-0.2, 0) is 9.84 Å². The van der Waals surface area contributed by atoms with Crippen LogP contribution in [0.3, 0.4) is 0 Å². The highest BCUT2D eigenvalue weighted by Crippen LogP contribution is 2.20. The largest absolute Gasteiger partial charge is 0.392 e. The Morgan fingerprint density at radius 3 is 2.07 bits per heavy atom. The Kier molecular flexibility index (Phi) is 3.76. The van der Waals surface area contributed by atoms with Gasteiger partial charge in [-0.2, -0.15) is 0 Å². The molecule has 0 radical (unpaired) electrons. The van der Waals surface area contributed by atoms with Crippen LogP contribution in [0.5, 0.6) is 0 Å².